The van der Waals surface area contributed by atoms with Crippen LogP contribution in [-0.4, -0.2) is 37.7 Å². The molecule has 3 aromatic rings. The Morgan fingerprint density at radius 1 is 1.07 bits per heavy atom. The lowest BCUT2D eigenvalue weighted by atomic mass is 10.1. The van der Waals surface area contributed by atoms with Crippen molar-refractivity contribution < 1.29 is 13.2 Å². The van der Waals surface area contributed by atoms with Crippen molar-refractivity contribution in [2.45, 2.75) is 18.7 Å². The van der Waals surface area contributed by atoms with Gasteiger partial charge in [0.2, 0.25) is 10.0 Å². The van der Waals surface area contributed by atoms with E-state index in [0.717, 1.165) is 20.8 Å². The molecule has 0 unspecified atom stereocenters. The molecule has 140 valence electrons. The van der Waals surface area contributed by atoms with Crippen molar-refractivity contribution in [3.05, 3.63) is 65.4 Å². The predicted octanol–water partition coefficient (Wildman–Crippen LogP) is 3.35. The summed E-state index contributed by atoms with van der Waals surface area (Å²) in [5, 5.41) is 3.69. The van der Waals surface area contributed by atoms with E-state index in [9.17, 15) is 13.2 Å². The number of aromatic nitrogens is 1. The van der Waals surface area contributed by atoms with Crippen LogP contribution in [0.2, 0.25) is 0 Å². The molecule has 0 atom stereocenters. The molecule has 0 aliphatic heterocycles. The van der Waals surface area contributed by atoms with Crippen LogP contribution in [0, 0.1) is 13.8 Å². The standard InChI is InChI=1S/C20H21N3O3S/c1-13-11-15(12-19(14(13)2)27(25,26)23(3)4)20(24)22-18-9-5-8-17-16(18)7-6-10-21-17/h5-12H,1-4H3,(H,22,24). The molecule has 1 amide bonds. The molecular formula is C20H21N3O3S. The summed E-state index contributed by atoms with van der Waals surface area (Å²) in [6.45, 7) is 3.53. The Balaban J connectivity index is 2.04. The largest absolute Gasteiger partial charge is 0.321 e. The second-order valence-corrected chi connectivity index (χ2v) is 8.65. The lowest BCUT2D eigenvalue weighted by Gasteiger charge is -2.17. The van der Waals surface area contributed by atoms with Crippen LogP contribution in [0.4, 0.5) is 5.69 Å². The van der Waals surface area contributed by atoms with E-state index in [-0.39, 0.29) is 10.8 Å². The van der Waals surface area contributed by atoms with Gasteiger partial charge in [-0.25, -0.2) is 12.7 Å². The van der Waals surface area contributed by atoms with Gasteiger partial charge in [-0.05, 0) is 61.4 Å². The Morgan fingerprint density at radius 3 is 2.52 bits per heavy atom. The van der Waals surface area contributed by atoms with Gasteiger partial charge in [0.25, 0.3) is 5.91 Å². The van der Waals surface area contributed by atoms with E-state index in [4.69, 9.17) is 0 Å². The highest BCUT2D eigenvalue weighted by molar-refractivity contribution is 7.89. The zero-order valence-corrected chi connectivity index (χ0v) is 16.5. The first-order valence-electron chi connectivity index (χ1n) is 8.40. The maximum atomic E-state index is 12.8. The van der Waals surface area contributed by atoms with E-state index in [1.807, 2.05) is 18.2 Å². The molecule has 1 N–H and O–H groups in total. The monoisotopic (exact) mass is 383 g/mol. The summed E-state index contributed by atoms with van der Waals surface area (Å²) in [5.41, 5.74) is 3.06. The van der Waals surface area contributed by atoms with E-state index in [0.29, 0.717) is 16.8 Å². The Morgan fingerprint density at radius 2 is 1.81 bits per heavy atom. The van der Waals surface area contributed by atoms with Crippen molar-refractivity contribution in [1.82, 2.24) is 9.29 Å². The summed E-state index contributed by atoms with van der Waals surface area (Å²) < 4.78 is 26.3. The minimum absolute atomic E-state index is 0.136. The zero-order valence-electron chi connectivity index (χ0n) is 15.6. The normalized spacial score (nSPS) is 11.7. The highest BCUT2D eigenvalue weighted by atomic mass is 32.2. The van der Waals surface area contributed by atoms with Crippen molar-refractivity contribution in [3.8, 4) is 0 Å². The van der Waals surface area contributed by atoms with Gasteiger partial charge in [-0.3, -0.25) is 9.78 Å². The maximum Gasteiger partial charge on any atom is 0.255 e. The summed E-state index contributed by atoms with van der Waals surface area (Å²) in [5.74, 6) is -0.371. The molecule has 0 saturated heterocycles. The summed E-state index contributed by atoms with van der Waals surface area (Å²) in [6.07, 6.45) is 1.69. The Bertz CT molecular complexity index is 1130. The Labute approximate surface area is 158 Å². The van der Waals surface area contributed by atoms with Crippen LogP contribution < -0.4 is 5.32 Å². The average molecular weight is 383 g/mol. The predicted molar refractivity (Wildman–Crippen MR) is 106 cm³/mol. The number of anilines is 1. The van der Waals surface area contributed by atoms with Crippen LogP contribution in [0.25, 0.3) is 10.9 Å². The molecule has 0 radical (unpaired) electrons. The van der Waals surface area contributed by atoms with Crippen molar-refractivity contribution in [1.29, 1.82) is 0 Å². The number of rotatable bonds is 4. The molecule has 3 rings (SSSR count). The third-order valence-electron chi connectivity index (χ3n) is 4.53. The summed E-state index contributed by atoms with van der Waals surface area (Å²) in [6, 6.07) is 12.3. The van der Waals surface area contributed by atoms with Gasteiger partial charge in [-0.15, -0.1) is 0 Å². The number of nitrogens with one attached hydrogen (secondary N) is 1. The van der Waals surface area contributed by atoms with Gasteiger partial charge in [-0.1, -0.05) is 6.07 Å². The van der Waals surface area contributed by atoms with Crippen molar-refractivity contribution >= 4 is 32.5 Å². The summed E-state index contributed by atoms with van der Waals surface area (Å²) >= 11 is 0. The van der Waals surface area contributed by atoms with Crippen molar-refractivity contribution in [2.24, 2.45) is 0 Å². The molecule has 2 aromatic carbocycles. The molecule has 0 saturated carbocycles. The number of fused-ring (bicyclic) bond motifs is 1. The van der Waals surface area contributed by atoms with Crippen LogP contribution in [0.3, 0.4) is 0 Å². The summed E-state index contributed by atoms with van der Waals surface area (Å²) in [4.78, 5) is 17.2. The Kier molecular flexibility index (Phi) is 4.99. The number of amides is 1. The fraction of sp³-hybridized carbons (Fsp3) is 0.200. The van der Waals surface area contributed by atoms with Gasteiger partial charge in [0.15, 0.2) is 0 Å². The van der Waals surface area contributed by atoms with Crippen LogP contribution in [-0.2, 0) is 10.0 Å². The van der Waals surface area contributed by atoms with Crippen LogP contribution in [0.5, 0.6) is 0 Å². The fourth-order valence-electron chi connectivity index (χ4n) is 2.83. The van der Waals surface area contributed by atoms with Crippen LogP contribution in [0.1, 0.15) is 21.5 Å². The molecule has 1 heterocycles. The van der Waals surface area contributed by atoms with Crippen LogP contribution in [0.15, 0.2) is 53.6 Å². The van der Waals surface area contributed by atoms with E-state index < -0.39 is 10.0 Å². The SMILES string of the molecule is Cc1cc(C(=O)Nc2cccc3ncccc23)cc(S(=O)(=O)N(C)C)c1C. The van der Waals surface area contributed by atoms with Gasteiger partial charge in [0.05, 0.1) is 16.1 Å². The molecule has 0 fully saturated rings. The van der Waals surface area contributed by atoms with Gasteiger partial charge >= 0.3 is 0 Å². The molecule has 0 bridgehead atoms. The van der Waals surface area contributed by atoms with Crippen LogP contribution >= 0.6 is 0 Å². The molecule has 7 heteroatoms. The molecule has 0 aliphatic rings. The van der Waals surface area contributed by atoms with Gasteiger partial charge in [0, 0.05) is 31.2 Å². The number of hydrogen-bond donors (Lipinski definition) is 1. The lowest BCUT2D eigenvalue weighted by molar-refractivity contribution is 0.102. The molecular weight excluding hydrogens is 362 g/mol. The highest BCUT2D eigenvalue weighted by Crippen LogP contribution is 2.25. The summed E-state index contributed by atoms with van der Waals surface area (Å²) in [7, 11) is -0.706. The Hall–Kier alpha value is -2.77. The highest BCUT2D eigenvalue weighted by Gasteiger charge is 2.23. The quantitative estimate of drug-likeness (QED) is 0.749. The molecule has 6 nitrogen and oxygen atoms in total. The minimum atomic E-state index is -3.65. The third-order valence-corrected chi connectivity index (χ3v) is 6.48. The topological polar surface area (TPSA) is 79.4 Å². The lowest BCUT2D eigenvalue weighted by Crippen LogP contribution is -2.24. The number of benzene rings is 2. The van der Waals surface area contributed by atoms with Gasteiger partial charge in [-0.2, -0.15) is 0 Å². The number of nitrogens with zero attached hydrogens (tertiary/aromatic N) is 2. The second kappa shape index (κ2) is 7.09. The number of hydrogen-bond acceptors (Lipinski definition) is 4. The average Bonchev–Trinajstić information content (AvgIpc) is 2.63. The first-order chi connectivity index (χ1) is 12.7. The molecule has 0 aliphatic carbocycles. The van der Waals surface area contributed by atoms with Gasteiger partial charge in [0.1, 0.15) is 0 Å². The number of carbonyl (C=O) groups excluding carboxylic acids is 1. The zero-order chi connectivity index (χ0) is 19.8. The van der Waals surface area contributed by atoms with Crippen molar-refractivity contribution in [2.75, 3.05) is 19.4 Å². The fourth-order valence-corrected chi connectivity index (χ4v) is 4.05. The molecule has 1 aromatic heterocycles. The first-order valence-corrected chi connectivity index (χ1v) is 9.84. The van der Waals surface area contributed by atoms with E-state index in [1.54, 1.807) is 38.2 Å². The second-order valence-electron chi connectivity index (χ2n) is 6.53. The molecule has 27 heavy (non-hydrogen) atoms. The minimum Gasteiger partial charge on any atom is -0.321 e. The smallest absolute Gasteiger partial charge is 0.255 e. The third kappa shape index (κ3) is 3.56. The van der Waals surface area contributed by atoms with E-state index in [1.165, 1.54) is 20.2 Å². The maximum absolute atomic E-state index is 12.8. The van der Waals surface area contributed by atoms with Gasteiger partial charge < -0.3 is 5.32 Å². The number of sulfonamides is 1. The number of carbonyl (C=O) groups is 1. The van der Waals surface area contributed by atoms with Crippen molar-refractivity contribution in [3.63, 3.8) is 0 Å². The number of aryl methyl sites for hydroxylation is 1. The van der Waals surface area contributed by atoms with E-state index in [2.05, 4.69) is 10.3 Å². The first kappa shape index (κ1) is 19.0. The van der Waals surface area contributed by atoms with E-state index >= 15 is 0 Å². The number of pyridine rings is 1. The molecule has 0 spiro atoms.